The van der Waals surface area contributed by atoms with E-state index in [1.807, 2.05) is 0 Å². The molecule has 0 aliphatic rings. The topological polar surface area (TPSA) is 75.2 Å². The maximum atomic E-state index is 13.2. The minimum absolute atomic E-state index is 0.0550. The standard InChI is InChI=1S/C9H7FN2O3/c1-15-9-11-5-3-2-4(10)6(8(13)14)7(5)12-9/h2-3H,1H3,(H,11,12)(H,13,14). The Morgan fingerprint density at radius 1 is 1.60 bits per heavy atom. The molecular formula is C9H7FN2O3. The van der Waals surface area contributed by atoms with E-state index in [-0.39, 0.29) is 11.5 Å². The van der Waals surface area contributed by atoms with Crippen LogP contribution in [-0.4, -0.2) is 28.2 Å². The van der Waals surface area contributed by atoms with E-state index < -0.39 is 17.3 Å². The number of carbonyl (C=O) groups is 1. The number of carboxylic acid groups (broad SMARTS) is 1. The first-order valence-corrected chi connectivity index (χ1v) is 4.09. The molecule has 0 fully saturated rings. The monoisotopic (exact) mass is 210 g/mol. The summed E-state index contributed by atoms with van der Waals surface area (Å²) in [6.07, 6.45) is 0. The summed E-state index contributed by atoms with van der Waals surface area (Å²) >= 11 is 0. The van der Waals surface area contributed by atoms with Gasteiger partial charge in [-0.1, -0.05) is 0 Å². The predicted octanol–water partition coefficient (Wildman–Crippen LogP) is 1.41. The smallest absolute Gasteiger partial charge is 0.340 e. The summed E-state index contributed by atoms with van der Waals surface area (Å²) in [5.74, 6) is -2.17. The largest absolute Gasteiger partial charge is 0.478 e. The molecule has 2 aromatic rings. The van der Waals surface area contributed by atoms with Gasteiger partial charge in [-0.05, 0) is 12.1 Å². The SMILES string of the molecule is COc1nc2c(C(=O)O)c(F)ccc2[nH]1. The van der Waals surface area contributed by atoms with E-state index >= 15 is 0 Å². The van der Waals surface area contributed by atoms with Crippen LogP contribution in [0.3, 0.4) is 0 Å². The van der Waals surface area contributed by atoms with E-state index in [1.54, 1.807) is 0 Å². The Bertz CT molecular complexity index is 535. The van der Waals surface area contributed by atoms with Crippen molar-refractivity contribution in [3.05, 3.63) is 23.5 Å². The molecule has 1 heterocycles. The molecule has 6 heteroatoms. The number of H-pyrrole nitrogens is 1. The molecule has 1 aromatic heterocycles. The Morgan fingerprint density at radius 3 is 2.93 bits per heavy atom. The third-order valence-corrected chi connectivity index (χ3v) is 1.99. The normalized spacial score (nSPS) is 10.5. The molecule has 5 nitrogen and oxygen atoms in total. The number of nitrogens with zero attached hydrogens (tertiary/aromatic N) is 1. The van der Waals surface area contributed by atoms with Crippen molar-refractivity contribution in [2.24, 2.45) is 0 Å². The minimum atomic E-state index is -1.35. The Labute approximate surface area is 83.5 Å². The highest BCUT2D eigenvalue weighted by Gasteiger charge is 2.18. The number of halogens is 1. The van der Waals surface area contributed by atoms with Gasteiger partial charge in [0.25, 0.3) is 6.01 Å². The summed E-state index contributed by atoms with van der Waals surface area (Å²) in [6, 6.07) is 2.63. The number of rotatable bonds is 2. The molecule has 0 aliphatic carbocycles. The van der Waals surface area contributed by atoms with Gasteiger partial charge in [0.05, 0.1) is 12.6 Å². The summed E-state index contributed by atoms with van der Waals surface area (Å²) < 4.78 is 18.0. The first kappa shape index (κ1) is 9.45. The van der Waals surface area contributed by atoms with Crippen molar-refractivity contribution < 1.29 is 19.0 Å². The van der Waals surface area contributed by atoms with Crippen molar-refractivity contribution in [3.8, 4) is 6.01 Å². The number of carboxylic acids is 1. The van der Waals surface area contributed by atoms with Crippen molar-refractivity contribution in [2.75, 3.05) is 7.11 Å². The fourth-order valence-electron chi connectivity index (χ4n) is 1.33. The van der Waals surface area contributed by atoms with E-state index in [1.165, 1.54) is 13.2 Å². The van der Waals surface area contributed by atoms with Gasteiger partial charge in [0, 0.05) is 0 Å². The number of imidazole rings is 1. The number of benzene rings is 1. The van der Waals surface area contributed by atoms with E-state index in [9.17, 15) is 9.18 Å². The Kier molecular flexibility index (Phi) is 2.03. The van der Waals surface area contributed by atoms with Crippen LogP contribution in [0, 0.1) is 5.82 Å². The molecule has 2 N–H and O–H groups in total. The summed E-state index contributed by atoms with van der Waals surface area (Å²) in [5, 5.41) is 8.81. The fraction of sp³-hybridized carbons (Fsp3) is 0.111. The second-order valence-corrected chi connectivity index (χ2v) is 2.87. The van der Waals surface area contributed by atoms with Crippen molar-refractivity contribution in [1.29, 1.82) is 0 Å². The van der Waals surface area contributed by atoms with E-state index in [2.05, 4.69) is 9.97 Å². The van der Waals surface area contributed by atoms with Gasteiger partial charge >= 0.3 is 5.97 Å². The number of ether oxygens (including phenoxy) is 1. The zero-order valence-corrected chi connectivity index (χ0v) is 7.74. The van der Waals surface area contributed by atoms with Gasteiger partial charge in [-0.15, -0.1) is 0 Å². The van der Waals surface area contributed by atoms with Crippen LogP contribution in [-0.2, 0) is 0 Å². The highest BCUT2D eigenvalue weighted by Crippen LogP contribution is 2.22. The number of hydrogen-bond donors (Lipinski definition) is 2. The van der Waals surface area contributed by atoms with Crippen LogP contribution >= 0.6 is 0 Å². The third kappa shape index (κ3) is 1.39. The molecule has 15 heavy (non-hydrogen) atoms. The number of aromatic amines is 1. The molecule has 0 bridgehead atoms. The molecule has 78 valence electrons. The lowest BCUT2D eigenvalue weighted by atomic mass is 10.2. The molecule has 0 amide bonds. The van der Waals surface area contributed by atoms with E-state index in [4.69, 9.17) is 9.84 Å². The van der Waals surface area contributed by atoms with Crippen LogP contribution in [0.4, 0.5) is 4.39 Å². The van der Waals surface area contributed by atoms with Gasteiger partial charge in [0.2, 0.25) is 0 Å². The number of fused-ring (bicyclic) bond motifs is 1. The number of aromatic carboxylic acids is 1. The minimum Gasteiger partial charge on any atom is -0.478 e. The Balaban J connectivity index is 2.80. The zero-order chi connectivity index (χ0) is 11.0. The van der Waals surface area contributed by atoms with E-state index in [0.717, 1.165) is 6.07 Å². The highest BCUT2D eigenvalue weighted by molar-refractivity contribution is 6.01. The number of nitrogens with one attached hydrogen (secondary N) is 1. The fourth-order valence-corrected chi connectivity index (χ4v) is 1.33. The van der Waals surface area contributed by atoms with Crippen LogP contribution in [0.1, 0.15) is 10.4 Å². The lowest BCUT2D eigenvalue weighted by Gasteiger charge is -1.96. The van der Waals surface area contributed by atoms with Crippen LogP contribution in [0.25, 0.3) is 11.0 Å². The van der Waals surface area contributed by atoms with Crippen molar-refractivity contribution in [1.82, 2.24) is 9.97 Å². The second kappa shape index (κ2) is 3.23. The van der Waals surface area contributed by atoms with Crippen LogP contribution in [0.5, 0.6) is 6.01 Å². The van der Waals surface area contributed by atoms with Crippen molar-refractivity contribution >= 4 is 17.0 Å². The molecule has 0 aliphatic heterocycles. The third-order valence-electron chi connectivity index (χ3n) is 1.99. The molecule has 0 atom stereocenters. The molecular weight excluding hydrogens is 203 g/mol. The quantitative estimate of drug-likeness (QED) is 0.785. The summed E-state index contributed by atoms with van der Waals surface area (Å²) in [6.45, 7) is 0. The molecule has 0 saturated heterocycles. The van der Waals surface area contributed by atoms with Gasteiger partial charge in [-0.2, -0.15) is 4.98 Å². The lowest BCUT2D eigenvalue weighted by Crippen LogP contribution is -2.01. The predicted molar refractivity (Wildman–Crippen MR) is 49.6 cm³/mol. The molecule has 0 saturated carbocycles. The average Bonchev–Trinajstić information content (AvgIpc) is 2.59. The molecule has 0 unspecified atom stereocenters. The maximum Gasteiger partial charge on any atom is 0.340 e. The molecule has 0 radical (unpaired) electrons. The summed E-state index contributed by atoms with van der Waals surface area (Å²) in [4.78, 5) is 17.3. The van der Waals surface area contributed by atoms with Gasteiger partial charge in [-0.25, -0.2) is 9.18 Å². The first-order chi connectivity index (χ1) is 7.13. The summed E-state index contributed by atoms with van der Waals surface area (Å²) in [5.41, 5.74) is 0.0250. The molecule has 2 rings (SSSR count). The van der Waals surface area contributed by atoms with Gasteiger partial charge in [-0.3, -0.25) is 0 Å². The van der Waals surface area contributed by atoms with Crippen LogP contribution in [0.2, 0.25) is 0 Å². The second-order valence-electron chi connectivity index (χ2n) is 2.87. The van der Waals surface area contributed by atoms with Crippen LogP contribution < -0.4 is 4.74 Å². The van der Waals surface area contributed by atoms with Gasteiger partial charge < -0.3 is 14.8 Å². The molecule has 0 spiro atoms. The highest BCUT2D eigenvalue weighted by atomic mass is 19.1. The zero-order valence-electron chi connectivity index (χ0n) is 7.74. The van der Waals surface area contributed by atoms with Crippen molar-refractivity contribution in [2.45, 2.75) is 0 Å². The average molecular weight is 210 g/mol. The van der Waals surface area contributed by atoms with Gasteiger partial charge in [0.1, 0.15) is 16.9 Å². The maximum absolute atomic E-state index is 13.2. The number of methoxy groups -OCH3 is 1. The van der Waals surface area contributed by atoms with Crippen LogP contribution in [0.15, 0.2) is 12.1 Å². The van der Waals surface area contributed by atoms with Crippen molar-refractivity contribution in [3.63, 3.8) is 0 Å². The van der Waals surface area contributed by atoms with Gasteiger partial charge in [0.15, 0.2) is 0 Å². The summed E-state index contributed by atoms with van der Waals surface area (Å²) in [7, 11) is 1.38. The Morgan fingerprint density at radius 2 is 2.33 bits per heavy atom. The Hall–Kier alpha value is -2.11. The lowest BCUT2D eigenvalue weighted by molar-refractivity contribution is 0.0694. The number of hydrogen-bond acceptors (Lipinski definition) is 3. The first-order valence-electron chi connectivity index (χ1n) is 4.09. The molecule has 1 aromatic carbocycles. The number of aromatic nitrogens is 2. The van der Waals surface area contributed by atoms with E-state index in [0.29, 0.717) is 5.52 Å².